The van der Waals surface area contributed by atoms with Gasteiger partial charge in [-0.25, -0.2) is 4.98 Å². The fourth-order valence-corrected chi connectivity index (χ4v) is 2.18. The number of likely N-dealkylation sites (N-methyl/N-ethyl adjacent to an activating group) is 1. The van der Waals surface area contributed by atoms with Gasteiger partial charge in [0, 0.05) is 18.1 Å². The minimum absolute atomic E-state index is 0.0129. The Kier molecular flexibility index (Phi) is 4.44. The molecule has 0 unspecified atom stereocenters. The molecule has 0 radical (unpaired) electrons. The molecule has 0 bridgehead atoms. The molecule has 0 saturated heterocycles. The quantitative estimate of drug-likeness (QED) is 0.866. The van der Waals surface area contributed by atoms with Crippen LogP contribution in [0.2, 0.25) is 0 Å². The number of amides is 1. The summed E-state index contributed by atoms with van der Waals surface area (Å²) in [5.41, 5.74) is 5.82. The van der Waals surface area contributed by atoms with Crippen LogP contribution >= 0.6 is 11.3 Å². The van der Waals surface area contributed by atoms with E-state index in [1.807, 2.05) is 27.0 Å². The minimum Gasteiger partial charge on any atom is -0.339 e. The predicted octanol–water partition coefficient (Wildman–Crippen LogP) is 1.39. The molecule has 1 atom stereocenters. The molecule has 16 heavy (non-hydrogen) atoms. The van der Waals surface area contributed by atoms with Gasteiger partial charge < -0.3 is 10.6 Å². The van der Waals surface area contributed by atoms with Crippen LogP contribution in [0.1, 0.15) is 23.7 Å². The van der Waals surface area contributed by atoms with Gasteiger partial charge in [-0.3, -0.25) is 4.79 Å². The zero-order valence-electron chi connectivity index (χ0n) is 10.2. The molecular formula is C11H19N3OS. The molecule has 0 aliphatic heterocycles. The maximum atomic E-state index is 11.9. The Balaban J connectivity index is 2.58. The Morgan fingerprint density at radius 2 is 2.25 bits per heavy atom. The Hall–Kier alpha value is -0.940. The zero-order chi connectivity index (χ0) is 12.3. The lowest BCUT2D eigenvalue weighted by atomic mass is 10.0. The van der Waals surface area contributed by atoms with E-state index >= 15 is 0 Å². The summed E-state index contributed by atoms with van der Waals surface area (Å²) in [4.78, 5) is 18.8. The molecule has 0 aliphatic rings. The maximum absolute atomic E-state index is 11.9. The van der Waals surface area contributed by atoms with E-state index in [1.54, 1.807) is 23.3 Å². The van der Waals surface area contributed by atoms with Gasteiger partial charge in [0.15, 0.2) is 0 Å². The molecular weight excluding hydrogens is 222 g/mol. The molecule has 0 saturated carbocycles. The number of nitrogens with zero attached hydrogens (tertiary/aromatic N) is 2. The third-order valence-corrected chi connectivity index (χ3v) is 3.34. The highest BCUT2D eigenvalue weighted by Gasteiger charge is 2.21. The van der Waals surface area contributed by atoms with Gasteiger partial charge in [0.1, 0.15) is 0 Å². The van der Waals surface area contributed by atoms with E-state index in [0.29, 0.717) is 6.54 Å². The van der Waals surface area contributed by atoms with Crippen molar-refractivity contribution >= 4 is 17.2 Å². The SMILES string of the molecule is Cc1ncc(CN(C)C(=O)[C@@H](N)C(C)C)s1. The van der Waals surface area contributed by atoms with E-state index in [1.165, 1.54) is 0 Å². The average molecular weight is 241 g/mol. The van der Waals surface area contributed by atoms with E-state index in [9.17, 15) is 4.79 Å². The van der Waals surface area contributed by atoms with Gasteiger partial charge in [-0.05, 0) is 12.8 Å². The molecule has 1 aromatic rings. The lowest BCUT2D eigenvalue weighted by Gasteiger charge is -2.22. The second kappa shape index (κ2) is 5.41. The van der Waals surface area contributed by atoms with Crippen molar-refractivity contribution in [1.29, 1.82) is 0 Å². The van der Waals surface area contributed by atoms with Gasteiger partial charge in [-0.2, -0.15) is 0 Å². The molecule has 0 aromatic carbocycles. The topological polar surface area (TPSA) is 59.2 Å². The number of aromatic nitrogens is 1. The fraction of sp³-hybridized carbons (Fsp3) is 0.636. The number of thiazole rings is 1. The van der Waals surface area contributed by atoms with Crippen molar-refractivity contribution in [1.82, 2.24) is 9.88 Å². The van der Waals surface area contributed by atoms with Crippen molar-refractivity contribution in [2.24, 2.45) is 11.7 Å². The van der Waals surface area contributed by atoms with Crippen molar-refractivity contribution in [3.63, 3.8) is 0 Å². The molecule has 1 amide bonds. The molecule has 2 N–H and O–H groups in total. The first-order valence-corrected chi connectivity index (χ1v) is 6.15. The van der Waals surface area contributed by atoms with Crippen LogP contribution in [0.3, 0.4) is 0 Å². The van der Waals surface area contributed by atoms with Crippen LogP contribution in [0, 0.1) is 12.8 Å². The van der Waals surface area contributed by atoms with E-state index in [0.717, 1.165) is 9.88 Å². The Morgan fingerprint density at radius 1 is 1.62 bits per heavy atom. The van der Waals surface area contributed by atoms with E-state index in [4.69, 9.17) is 5.73 Å². The summed E-state index contributed by atoms with van der Waals surface area (Å²) in [6, 6.07) is -0.418. The number of carbonyl (C=O) groups excluding carboxylic acids is 1. The average Bonchev–Trinajstić information content (AvgIpc) is 2.61. The Bertz CT molecular complexity index is 362. The van der Waals surface area contributed by atoms with Crippen molar-refractivity contribution in [2.75, 3.05) is 7.05 Å². The van der Waals surface area contributed by atoms with Gasteiger partial charge in [0.2, 0.25) is 5.91 Å². The number of hydrogen-bond donors (Lipinski definition) is 1. The van der Waals surface area contributed by atoms with Gasteiger partial charge >= 0.3 is 0 Å². The van der Waals surface area contributed by atoms with Crippen molar-refractivity contribution in [3.05, 3.63) is 16.1 Å². The summed E-state index contributed by atoms with van der Waals surface area (Å²) in [6.45, 7) is 6.45. The van der Waals surface area contributed by atoms with Crippen LogP contribution in [0.4, 0.5) is 0 Å². The monoisotopic (exact) mass is 241 g/mol. The molecule has 0 aliphatic carbocycles. The van der Waals surface area contributed by atoms with E-state index in [2.05, 4.69) is 4.98 Å². The summed E-state index contributed by atoms with van der Waals surface area (Å²) in [7, 11) is 1.78. The fourth-order valence-electron chi connectivity index (χ4n) is 1.33. The summed E-state index contributed by atoms with van der Waals surface area (Å²) in [6.07, 6.45) is 1.81. The maximum Gasteiger partial charge on any atom is 0.239 e. The highest BCUT2D eigenvalue weighted by atomic mass is 32.1. The Morgan fingerprint density at radius 3 is 2.69 bits per heavy atom. The summed E-state index contributed by atoms with van der Waals surface area (Å²) >= 11 is 1.61. The summed E-state index contributed by atoms with van der Waals surface area (Å²) in [5, 5.41) is 1.02. The summed E-state index contributed by atoms with van der Waals surface area (Å²) < 4.78 is 0. The van der Waals surface area contributed by atoms with Crippen LogP contribution in [0.15, 0.2) is 6.20 Å². The smallest absolute Gasteiger partial charge is 0.239 e. The van der Waals surface area contributed by atoms with Crippen LogP contribution in [0.25, 0.3) is 0 Å². The molecule has 1 rings (SSSR count). The minimum atomic E-state index is -0.418. The van der Waals surface area contributed by atoms with Crippen molar-refractivity contribution in [2.45, 2.75) is 33.4 Å². The first-order valence-electron chi connectivity index (χ1n) is 5.33. The number of carbonyl (C=O) groups is 1. The first-order chi connectivity index (χ1) is 7.41. The van der Waals surface area contributed by atoms with Crippen molar-refractivity contribution < 1.29 is 4.79 Å². The van der Waals surface area contributed by atoms with Gasteiger partial charge in [0.25, 0.3) is 0 Å². The van der Waals surface area contributed by atoms with Crippen LogP contribution in [0.5, 0.6) is 0 Å². The molecule has 0 spiro atoms. The highest BCUT2D eigenvalue weighted by molar-refractivity contribution is 7.11. The third kappa shape index (κ3) is 3.28. The molecule has 4 nitrogen and oxygen atoms in total. The molecule has 5 heteroatoms. The largest absolute Gasteiger partial charge is 0.339 e. The van der Waals surface area contributed by atoms with Crippen LogP contribution in [-0.4, -0.2) is 28.9 Å². The highest BCUT2D eigenvalue weighted by Crippen LogP contribution is 2.14. The molecule has 1 aromatic heterocycles. The van der Waals surface area contributed by atoms with E-state index in [-0.39, 0.29) is 11.8 Å². The molecule has 90 valence electrons. The van der Waals surface area contributed by atoms with Gasteiger partial charge in [-0.1, -0.05) is 13.8 Å². The molecule has 0 fully saturated rings. The predicted molar refractivity (Wildman–Crippen MR) is 66.1 cm³/mol. The molecule has 1 heterocycles. The van der Waals surface area contributed by atoms with Crippen molar-refractivity contribution in [3.8, 4) is 0 Å². The second-order valence-corrected chi connectivity index (χ2v) is 5.63. The Labute approximate surface area is 100 Å². The number of aryl methyl sites for hydroxylation is 1. The lowest BCUT2D eigenvalue weighted by molar-refractivity contribution is -0.132. The summed E-state index contributed by atoms with van der Waals surface area (Å²) in [5.74, 6) is 0.152. The number of nitrogens with two attached hydrogens (primary N) is 1. The number of rotatable bonds is 4. The van der Waals surface area contributed by atoms with Crippen LogP contribution < -0.4 is 5.73 Å². The second-order valence-electron chi connectivity index (χ2n) is 4.31. The van der Waals surface area contributed by atoms with Crippen LogP contribution in [-0.2, 0) is 11.3 Å². The first kappa shape index (κ1) is 13.1. The lowest BCUT2D eigenvalue weighted by Crippen LogP contribution is -2.44. The van der Waals surface area contributed by atoms with Gasteiger partial charge in [0.05, 0.1) is 17.6 Å². The normalized spacial score (nSPS) is 12.9. The number of hydrogen-bond acceptors (Lipinski definition) is 4. The zero-order valence-corrected chi connectivity index (χ0v) is 11.0. The van der Waals surface area contributed by atoms with Gasteiger partial charge in [-0.15, -0.1) is 11.3 Å². The van der Waals surface area contributed by atoms with E-state index < -0.39 is 6.04 Å². The third-order valence-electron chi connectivity index (χ3n) is 2.44. The standard InChI is InChI=1S/C11H19N3OS/c1-7(2)10(12)11(15)14(4)6-9-5-13-8(3)16-9/h5,7,10H,6,12H2,1-4H3/t10-/m0/s1.